The minimum Gasteiger partial charge on any atom is -1.00 e. The minimum atomic E-state index is -0.308. The molecule has 29 heavy (non-hydrogen) atoms. The number of fused-ring (bicyclic) bond motifs is 2. The summed E-state index contributed by atoms with van der Waals surface area (Å²) in [7, 11) is 0. The summed E-state index contributed by atoms with van der Waals surface area (Å²) in [5.74, 6) is -0.533. The molecule has 0 N–H and O–H groups in total. The molecule has 0 unspecified atom stereocenters. The lowest BCUT2D eigenvalue weighted by molar-refractivity contribution is -0.687. The van der Waals surface area contributed by atoms with Crippen molar-refractivity contribution in [3.8, 4) is 11.3 Å². The number of benzene rings is 2. The normalized spacial score (nSPS) is 12.1. The molecule has 6 heteroatoms. The van der Waals surface area contributed by atoms with Crippen LogP contribution in [0, 0.1) is 0 Å². The first-order valence-electron chi connectivity index (χ1n) is 8.94. The van der Waals surface area contributed by atoms with E-state index in [1.165, 1.54) is 0 Å². The van der Waals surface area contributed by atoms with Crippen LogP contribution in [-0.2, 0) is 6.54 Å². The standard InChI is InChI=1S/C23H15N2O3.BrH/c26-21-17-10-4-5-11-18(17)22(27)23-19(21)20(24-28-23)16-9-6-12-25(14-16)13-15-7-2-1-3-8-15;/h1-12,14H,13H2;1H/q+1;/p-1. The summed E-state index contributed by atoms with van der Waals surface area (Å²) in [5, 5.41) is 4.07. The highest BCUT2D eigenvalue weighted by molar-refractivity contribution is 6.29. The van der Waals surface area contributed by atoms with Gasteiger partial charge in [-0.15, -0.1) is 0 Å². The maximum absolute atomic E-state index is 13.0. The molecule has 2 aromatic heterocycles. The third-order valence-corrected chi connectivity index (χ3v) is 4.88. The fourth-order valence-corrected chi connectivity index (χ4v) is 3.54. The van der Waals surface area contributed by atoms with Crippen molar-refractivity contribution in [2.45, 2.75) is 6.54 Å². The minimum absolute atomic E-state index is 0. The Morgan fingerprint density at radius 1 is 0.828 bits per heavy atom. The van der Waals surface area contributed by atoms with Gasteiger partial charge in [-0.3, -0.25) is 9.59 Å². The summed E-state index contributed by atoms with van der Waals surface area (Å²) >= 11 is 0. The number of hydrogen-bond donors (Lipinski definition) is 0. The Labute approximate surface area is 177 Å². The second-order valence-corrected chi connectivity index (χ2v) is 6.69. The van der Waals surface area contributed by atoms with E-state index in [2.05, 4.69) is 17.3 Å². The van der Waals surface area contributed by atoms with E-state index < -0.39 is 0 Å². The fraction of sp³-hybridized carbons (Fsp3) is 0.0435. The number of rotatable bonds is 3. The monoisotopic (exact) mass is 446 g/mol. The molecule has 142 valence electrons. The summed E-state index contributed by atoms with van der Waals surface area (Å²) in [5.41, 5.74) is 3.26. The first-order valence-corrected chi connectivity index (χ1v) is 8.94. The predicted octanol–water partition coefficient (Wildman–Crippen LogP) is 0.457. The van der Waals surface area contributed by atoms with Gasteiger partial charge in [0.2, 0.25) is 11.5 Å². The molecule has 2 aromatic carbocycles. The highest BCUT2D eigenvalue weighted by Crippen LogP contribution is 2.33. The maximum Gasteiger partial charge on any atom is 0.232 e. The largest absolute Gasteiger partial charge is 1.00 e. The number of hydrogen-bond acceptors (Lipinski definition) is 4. The average molecular weight is 447 g/mol. The topological polar surface area (TPSA) is 64.1 Å². The number of halogens is 1. The fourth-order valence-electron chi connectivity index (χ4n) is 3.54. The van der Waals surface area contributed by atoms with Crippen molar-refractivity contribution in [2.24, 2.45) is 0 Å². The predicted molar refractivity (Wildman–Crippen MR) is 101 cm³/mol. The molecule has 4 aromatic rings. The van der Waals surface area contributed by atoms with Crippen molar-refractivity contribution in [2.75, 3.05) is 0 Å². The third kappa shape index (κ3) is 3.21. The van der Waals surface area contributed by atoms with Crippen molar-refractivity contribution in [1.82, 2.24) is 5.16 Å². The van der Waals surface area contributed by atoms with E-state index in [1.807, 2.05) is 47.3 Å². The molecule has 0 fully saturated rings. The average Bonchev–Trinajstić information content (AvgIpc) is 3.19. The lowest BCUT2D eigenvalue weighted by atomic mass is 9.86. The molecular formula is C23H15BrN2O3. The second-order valence-electron chi connectivity index (χ2n) is 6.69. The molecule has 0 bridgehead atoms. The van der Waals surface area contributed by atoms with Crippen molar-refractivity contribution >= 4 is 11.6 Å². The number of carbonyl (C=O) groups is 2. The molecule has 5 nitrogen and oxygen atoms in total. The van der Waals surface area contributed by atoms with Crippen LogP contribution in [0.4, 0.5) is 0 Å². The number of carbonyl (C=O) groups excluding carboxylic acids is 2. The molecule has 0 amide bonds. The van der Waals surface area contributed by atoms with Crippen LogP contribution in [-0.4, -0.2) is 16.7 Å². The van der Waals surface area contributed by atoms with Crippen LogP contribution in [0.25, 0.3) is 11.3 Å². The van der Waals surface area contributed by atoms with Crippen LogP contribution < -0.4 is 21.5 Å². The van der Waals surface area contributed by atoms with Gasteiger partial charge < -0.3 is 21.5 Å². The SMILES string of the molecule is O=C1c2ccccc2C(=O)c2c(-c3ccc[n+](Cc4ccccc4)c3)noc21.[Br-]. The Hall–Kier alpha value is -3.38. The molecule has 1 aliphatic carbocycles. The lowest BCUT2D eigenvalue weighted by Gasteiger charge is -2.12. The van der Waals surface area contributed by atoms with E-state index in [1.54, 1.807) is 24.3 Å². The number of nitrogens with zero attached hydrogens (tertiary/aromatic N) is 2. The van der Waals surface area contributed by atoms with Gasteiger partial charge in [-0.1, -0.05) is 59.8 Å². The van der Waals surface area contributed by atoms with Gasteiger partial charge >= 0.3 is 0 Å². The summed E-state index contributed by atoms with van der Waals surface area (Å²) < 4.78 is 7.32. The molecule has 0 radical (unpaired) electrons. The molecule has 0 saturated heterocycles. The van der Waals surface area contributed by atoms with Gasteiger partial charge in [-0.2, -0.15) is 0 Å². The zero-order valence-electron chi connectivity index (χ0n) is 15.2. The summed E-state index contributed by atoms with van der Waals surface area (Å²) in [6.07, 6.45) is 3.86. The Morgan fingerprint density at radius 2 is 1.52 bits per heavy atom. The van der Waals surface area contributed by atoms with Crippen molar-refractivity contribution in [3.63, 3.8) is 0 Å². The Balaban J connectivity index is 0.00000205. The van der Waals surface area contributed by atoms with Crippen LogP contribution in [0.1, 0.15) is 37.6 Å². The van der Waals surface area contributed by atoms with E-state index in [0.717, 1.165) is 11.1 Å². The van der Waals surface area contributed by atoms with Gasteiger partial charge in [-0.05, 0) is 6.07 Å². The van der Waals surface area contributed by atoms with Crippen molar-refractivity contribution in [1.29, 1.82) is 0 Å². The van der Waals surface area contributed by atoms with Gasteiger partial charge in [0.25, 0.3) is 0 Å². The maximum atomic E-state index is 13.0. The summed E-state index contributed by atoms with van der Waals surface area (Å²) in [6, 6.07) is 20.6. The molecule has 0 saturated carbocycles. The van der Waals surface area contributed by atoms with Gasteiger partial charge in [-0.25, -0.2) is 4.57 Å². The highest BCUT2D eigenvalue weighted by Gasteiger charge is 2.37. The third-order valence-electron chi connectivity index (χ3n) is 4.88. The van der Waals surface area contributed by atoms with Gasteiger partial charge in [0.1, 0.15) is 11.3 Å². The number of ketones is 2. The van der Waals surface area contributed by atoms with Gasteiger partial charge in [0.05, 0.1) is 5.56 Å². The van der Waals surface area contributed by atoms with Crippen LogP contribution in [0.3, 0.4) is 0 Å². The van der Waals surface area contributed by atoms with E-state index in [4.69, 9.17) is 4.52 Å². The summed E-state index contributed by atoms with van der Waals surface area (Å²) in [6.45, 7) is 0.685. The number of aromatic nitrogens is 2. The highest BCUT2D eigenvalue weighted by atomic mass is 79.9. The lowest BCUT2D eigenvalue weighted by Crippen LogP contribution is -3.00. The zero-order valence-corrected chi connectivity index (χ0v) is 16.8. The smallest absolute Gasteiger partial charge is 0.232 e. The molecule has 0 atom stereocenters. The molecule has 1 aliphatic rings. The molecular weight excluding hydrogens is 432 g/mol. The second kappa shape index (κ2) is 7.56. The molecule has 0 spiro atoms. The van der Waals surface area contributed by atoms with E-state index >= 15 is 0 Å². The zero-order chi connectivity index (χ0) is 19.1. The first kappa shape index (κ1) is 19.0. The van der Waals surface area contributed by atoms with Crippen molar-refractivity contribution in [3.05, 3.63) is 107 Å². The van der Waals surface area contributed by atoms with Crippen LogP contribution in [0.5, 0.6) is 0 Å². The molecule has 2 heterocycles. The number of pyridine rings is 1. The van der Waals surface area contributed by atoms with Gasteiger partial charge in [0.15, 0.2) is 24.7 Å². The van der Waals surface area contributed by atoms with E-state index in [-0.39, 0.29) is 39.9 Å². The van der Waals surface area contributed by atoms with E-state index in [0.29, 0.717) is 23.4 Å². The molecule has 5 rings (SSSR count). The Kier molecular flexibility index (Phi) is 4.94. The van der Waals surface area contributed by atoms with Crippen LogP contribution >= 0.6 is 0 Å². The van der Waals surface area contributed by atoms with E-state index in [9.17, 15) is 9.59 Å². The Bertz CT molecular complexity index is 1230. The molecule has 0 aliphatic heterocycles. The van der Waals surface area contributed by atoms with Crippen molar-refractivity contribution < 1.29 is 35.7 Å². The quantitative estimate of drug-likeness (QED) is 0.377. The first-order chi connectivity index (χ1) is 13.7. The van der Waals surface area contributed by atoms with Gasteiger partial charge in [0, 0.05) is 22.8 Å². The Morgan fingerprint density at radius 3 is 2.28 bits per heavy atom. The van der Waals surface area contributed by atoms with Crippen LogP contribution in [0.15, 0.2) is 83.6 Å². The summed E-state index contributed by atoms with van der Waals surface area (Å²) in [4.78, 5) is 25.7. The van der Waals surface area contributed by atoms with Crippen LogP contribution in [0.2, 0.25) is 0 Å².